The van der Waals surface area contributed by atoms with Crippen molar-refractivity contribution >= 4 is 5.91 Å². The van der Waals surface area contributed by atoms with Crippen molar-refractivity contribution in [2.24, 2.45) is 5.92 Å². The maximum Gasteiger partial charge on any atom is 0.230 e. The Morgan fingerprint density at radius 2 is 1.61 bits per heavy atom. The number of likely N-dealkylation sites (tertiary alicyclic amines) is 1. The molecule has 2 aromatic carbocycles. The molecule has 0 spiro atoms. The largest absolute Gasteiger partial charge is 0.319 e. The van der Waals surface area contributed by atoms with E-state index >= 15 is 0 Å². The minimum absolute atomic E-state index is 0.0191. The number of rotatable bonds is 5. The predicted octanol–water partition coefficient (Wildman–Crippen LogP) is 4.57. The molecule has 3 atom stereocenters. The normalized spacial score (nSPS) is 20.3. The first-order valence-corrected chi connectivity index (χ1v) is 8.25. The Morgan fingerprint density at radius 1 is 1.04 bits per heavy atom. The number of amides is 1. The van der Waals surface area contributed by atoms with E-state index in [0.717, 1.165) is 13.0 Å². The fraction of sp³-hybridized carbons (Fsp3) is 0.286. The molecule has 0 aromatic heterocycles. The summed E-state index contributed by atoms with van der Waals surface area (Å²) >= 11 is 0. The Hall–Kier alpha value is -2.35. The summed E-state index contributed by atoms with van der Waals surface area (Å²) < 4.78 is 0. The highest BCUT2D eigenvalue weighted by molar-refractivity contribution is 5.83. The molecule has 1 fully saturated rings. The molecule has 1 aliphatic rings. The second kappa shape index (κ2) is 6.82. The van der Waals surface area contributed by atoms with Gasteiger partial charge in [-0.05, 0) is 29.7 Å². The van der Waals surface area contributed by atoms with Gasteiger partial charge < -0.3 is 4.90 Å². The van der Waals surface area contributed by atoms with Crippen molar-refractivity contribution < 1.29 is 4.79 Å². The van der Waals surface area contributed by atoms with Gasteiger partial charge >= 0.3 is 0 Å². The molecule has 1 heterocycles. The van der Waals surface area contributed by atoms with Gasteiger partial charge in [-0.2, -0.15) is 0 Å². The van der Waals surface area contributed by atoms with Crippen molar-refractivity contribution in [2.75, 3.05) is 6.54 Å². The fourth-order valence-electron chi connectivity index (χ4n) is 3.75. The summed E-state index contributed by atoms with van der Waals surface area (Å²) in [6.07, 6.45) is 2.55. The van der Waals surface area contributed by atoms with E-state index in [1.54, 1.807) is 11.1 Å². The van der Waals surface area contributed by atoms with Crippen LogP contribution in [0.2, 0.25) is 0 Å². The molecule has 3 unspecified atom stereocenters. The molecule has 2 aromatic rings. The Labute approximate surface area is 138 Å². The lowest BCUT2D eigenvalue weighted by molar-refractivity contribution is -0.129. The summed E-state index contributed by atoms with van der Waals surface area (Å²) in [4.78, 5) is 14.5. The Kier molecular flexibility index (Phi) is 4.61. The number of hydrogen-bond acceptors (Lipinski definition) is 1. The molecule has 2 nitrogen and oxygen atoms in total. The van der Waals surface area contributed by atoms with Crippen LogP contribution in [0.5, 0.6) is 0 Å². The Balaban J connectivity index is 1.98. The third kappa shape index (κ3) is 3.07. The first-order valence-electron chi connectivity index (χ1n) is 8.25. The van der Waals surface area contributed by atoms with E-state index in [2.05, 4.69) is 62.0 Å². The van der Waals surface area contributed by atoms with Crippen molar-refractivity contribution in [3.05, 3.63) is 84.6 Å². The van der Waals surface area contributed by atoms with Crippen LogP contribution in [0.1, 0.15) is 36.3 Å². The van der Waals surface area contributed by atoms with Crippen molar-refractivity contribution in [2.45, 2.75) is 25.2 Å². The molecule has 0 bridgehead atoms. The van der Waals surface area contributed by atoms with E-state index in [1.807, 2.05) is 12.1 Å². The van der Waals surface area contributed by atoms with Gasteiger partial charge in [0.25, 0.3) is 0 Å². The van der Waals surface area contributed by atoms with Crippen LogP contribution in [0.4, 0.5) is 0 Å². The monoisotopic (exact) mass is 305 g/mol. The van der Waals surface area contributed by atoms with Gasteiger partial charge in [-0.1, -0.05) is 74.2 Å². The third-order valence-electron chi connectivity index (χ3n) is 4.98. The maximum absolute atomic E-state index is 12.7. The van der Waals surface area contributed by atoms with Crippen LogP contribution in [0.15, 0.2) is 73.4 Å². The number of carbonyl (C=O) groups excluding carboxylic acids is 1. The zero-order valence-corrected chi connectivity index (χ0v) is 13.6. The summed E-state index contributed by atoms with van der Waals surface area (Å²) in [5.74, 6) is 0.704. The minimum atomic E-state index is 0.0191. The fourth-order valence-corrected chi connectivity index (χ4v) is 3.75. The van der Waals surface area contributed by atoms with Crippen LogP contribution in [0, 0.1) is 5.92 Å². The van der Waals surface area contributed by atoms with Crippen LogP contribution in [0.25, 0.3) is 0 Å². The molecule has 0 radical (unpaired) electrons. The average molecular weight is 305 g/mol. The summed E-state index contributed by atoms with van der Waals surface area (Å²) in [6.45, 7) is 6.78. The van der Waals surface area contributed by atoms with Crippen molar-refractivity contribution in [1.82, 2.24) is 4.90 Å². The van der Waals surface area contributed by atoms with Crippen LogP contribution < -0.4 is 0 Å². The van der Waals surface area contributed by atoms with E-state index in [1.165, 1.54) is 11.1 Å². The Morgan fingerprint density at radius 3 is 2.13 bits per heavy atom. The maximum atomic E-state index is 12.7. The van der Waals surface area contributed by atoms with Crippen molar-refractivity contribution in [1.29, 1.82) is 0 Å². The van der Waals surface area contributed by atoms with E-state index in [0.29, 0.717) is 0 Å². The number of benzene rings is 2. The second-order valence-electron chi connectivity index (χ2n) is 6.25. The van der Waals surface area contributed by atoms with Crippen LogP contribution in [0.3, 0.4) is 0 Å². The second-order valence-corrected chi connectivity index (χ2v) is 6.25. The molecule has 1 saturated heterocycles. The summed E-state index contributed by atoms with van der Waals surface area (Å²) in [7, 11) is 0. The molecule has 3 rings (SSSR count). The third-order valence-corrected chi connectivity index (χ3v) is 4.98. The first kappa shape index (κ1) is 15.5. The van der Waals surface area contributed by atoms with Gasteiger partial charge in [-0.25, -0.2) is 0 Å². The molecule has 118 valence electrons. The highest BCUT2D eigenvalue weighted by Crippen LogP contribution is 2.42. The molecule has 2 heteroatoms. The highest BCUT2D eigenvalue weighted by atomic mass is 16.2. The van der Waals surface area contributed by atoms with Crippen molar-refractivity contribution in [3.8, 4) is 0 Å². The standard InChI is InChI=1S/C21H23NO/c1-3-22-15-14-19(21(22)23)20(18-12-8-5-9-13-18)16(2)17-10-6-4-7-11-17/h3-13,16,19-20H,1,14-15H2,2H3. The van der Waals surface area contributed by atoms with Crippen LogP contribution in [-0.2, 0) is 4.79 Å². The zero-order valence-electron chi connectivity index (χ0n) is 13.6. The SMILES string of the molecule is C=CN1CCC(C(c2ccccc2)C(C)c2ccccc2)C1=O. The predicted molar refractivity (Wildman–Crippen MR) is 94.1 cm³/mol. The molecular weight excluding hydrogens is 282 g/mol. The lowest BCUT2D eigenvalue weighted by Crippen LogP contribution is -2.27. The number of carbonyl (C=O) groups is 1. The molecular formula is C21H23NO. The van der Waals surface area contributed by atoms with Gasteiger partial charge in [-0.15, -0.1) is 0 Å². The van der Waals surface area contributed by atoms with E-state index in [-0.39, 0.29) is 23.7 Å². The molecule has 23 heavy (non-hydrogen) atoms. The summed E-state index contributed by atoms with van der Waals surface area (Å²) in [6, 6.07) is 20.9. The van der Waals surface area contributed by atoms with Gasteiger partial charge in [0, 0.05) is 18.4 Å². The first-order chi connectivity index (χ1) is 11.2. The lowest BCUT2D eigenvalue weighted by Gasteiger charge is -2.29. The Bertz CT molecular complexity index is 665. The van der Waals surface area contributed by atoms with Gasteiger partial charge in [0.2, 0.25) is 5.91 Å². The van der Waals surface area contributed by atoms with Crippen LogP contribution >= 0.6 is 0 Å². The summed E-state index contributed by atoms with van der Waals surface area (Å²) in [5.41, 5.74) is 2.53. The smallest absolute Gasteiger partial charge is 0.230 e. The van der Waals surface area contributed by atoms with E-state index < -0.39 is 0 Å². The van der Waals surface area contributed by atoms with Gasteiger partial charge in [0.05, 0.1) is 0 Å². The quantitative estimate of drug-likeness (QED) is 0.792. The van der Waals surface area contributed by atoms with Gasteiger partial charge in [0.15, 0.2) is 0 Å². The summed E-state index contributed by atoms with van der Waals surface area (Å²) in [5, 5.41) is 0. The zero-order chi connectivity index (χ0) is 16.2. The number of hydrogen-bond donors (Lipinski definition) is 0. The number of nitrogens with zero attached hydrogens (tertiary/aromatic N) is 1. The lowest BCUT2D eigenvalue weighted by atomic mass is 9.74. The average Bonchev–Trinajstić information content (AvgIpc) is 2.97. The molecule has 0 saturated carbocycles. The molecule has 1 aliphatic heterocycles. The van der Waals surface area contributed by atoms with E-state index in [4.69, 9.17) is 0 Å². The van der Waals surface area contributed by atoms with Crippen LogP contribution in [-0.4, -0.2) is 17.4 Å². The highest BCUT2D eigenvalue weighted by Gasteiger charge is 2.39. The topological polar surface area (TPSA) is 20.3 Å². The molecule has 0 aliphatic carbocycles. The van der Waals surface area contributed by atoms with E-state index in [9.17, 15) is 4.79 Å². The molecule has 0 N–H and O–H groups in total. The van der Waals surface area contributed by atoms with Gasteiger partial charge in [0.1, 0.15) is 0 Å². The van der Waals surface area contributed by atoms with Gasteiger partial charge in [-0.3, -0.25) is 4.79 Å². The molecule has 1 amide bonds. The van der Waals surface area contributed by atoms with Crippen molar-refractivity contribution in [3.63, 3.8) is 0 Å². The minimum Gasteiger partial charge on any atom is -0.319 e.